The molecule has 0 bridgehead atoms. The Kier molecular flexibility index (Phi) is 7.48. The smallest absolute Gasteiger partial charge is 0.248 e. The number of amides is 1. The van der Waals surface area contributed by atoms with E-state index in [4.69, 9.17) is 4.74 Å². The topological polar surface area (TPSA) is 38.3 Å². The maximum absolute atomic E-state index is 11.2. The Labute approximate surface area is 87.2 Å². The van der Waals surface area contributed by atoms with Gasteiger partial charge in [0.1, 0.15) is 6.10 Å². The van der Waals surface area contributed by atoms with Crippen molar-refractivity contribution in [2.45, 2.75) is 46.1 Å². The van der Waals surface area contributed by atoms with E-state index in [2.05, 4.69) is 19.2 Å². The first kappa shape index (κ1) is 13.4. The second kappa shape index (κ2) is 7.80. The molecule has 1 atom stereocenters. The Hall–Kier alpha value is -0.570. The molecule has 84 valence electrons. The molecule has 0 aromatic rings. The standard InChI is InChI=1S/C11H23NO2/c1-9(2)7-5-6-8-12-11(13)10(3)14-4/h9-10H,5-8H2,1-4H3,(H,12,13). The zero-order valence-corrected chi connectivity index (χ0v) is 9.80. The van der Waals surface area contributed by atoms with Gasteiger partial charge >= 0.3 is 0 Å². The molecular weight excluding hydrogens is 178 g/mol. The third-order valence-electron chi connectivity index (χ3n) is 2.23. The Bertz CT molecular complexity index is 157. The molecule has 0 spiro atoms. The summed E-state index contributed by atoms with van der Waals surface area (Å²) in [4.78, 5) is 11.2. The lowest BCUT2D eigenvalue weighted by Crippen LogP contribution is -2.34. The van der Waals surface area contributed by atoms with Crippen LogP contribution in [0.5, 0.6) is 0 Å². The van der Waals surface area contributed by atoms with Crippen LogP contribution in [-0.4, -0.2) is 25.7 Å². The molecule has 0 heterocycles. The maximum Gasteiger partial charge on any atom is 0.248 e. The van der Waals surface area contributed by atoms with Gasteiger partial charge in [-0.2, -0.15) is 0 Å². The molecule has 0 saturated carbocycles. The highest BCUT2D eigenvalue weighted by Gasteiger charge is 2.09. The van der Waals surface area contributed by atoms with Crippen molar-refractivity contribution in [2.75, 3.05) is 13.7 Å². The van der Waals surface area contributed by atoms with Gasteiger partial charge in [0.2, 0.25) is 5.91 Å². The summed E-state index contributed by atoms with van der Waals surface area (Å²) in [6.45, 7) is 6.94. The molecule has 1 N–H and O–H groups in total. The highest BCUT2D eigenvalue weighted by atomic mass is 16.5. The summed E-state index contributed by atoms with van der Waals surface area (Å²) in [7, 11) is 1.54. The number of carbonyl (C=O) groups excluding carboxylic acids is 1. The van der Waals surface area contributed by atoms with Gasteiger partial charge in [-0.25, -0.2) is 0 Å². The van der Waals surface area contributed by atoms with Crippen LogP contribution in [0, 0.1) is 5.92 Å². The van der Waals surface area contributed by atoms with Gasteiger partial charge in [0.05, 0.1) is 0 Å². The Morgan fingerprint density at radius 1 is 1.29 bits per heavy atom. The first-order chi connectivity index (χ1) is 6.57. The highest BCUT2D eigenvalue weighted by molar-refractivity contribution is 5.80. The molecule has 0 aliphatic rings. The van der Waals surface area contributed by atoms with Gasteiger partial charge in [-0.3, -0.25) is 4.79 Å². The van der Waals surface area contributed by atoms with Gasteiger partial charge in [0.15, 0.2) is 0 Å². The van der Waals surface area contributed by atoms with E-state index in [0.29, 0.717) is 0 Å². The molecule has 0 aromatic carbocycles. The van der Waals surface area contributed by atoms with Gasteiger partial charge in [0.25, 0.3) is 0 Å². The van der Waals surface area contributed by atoms with Crippen LogP contribution in [0.15, 0.2) is 0 Å². The quantitative estimate of drug-likeness (QED) is 0.639. The van der Waals surface area contributed by atoms with Crippen LogP contribution in [0.2, 0.25) is 0 Å². The summed E-state index contributed by atoms with van der Waals surface area (Å²) in [5, 5.41) is 2.84. The molecule has 0 aromatic heterocycles. The number of unbranched alkanes of at least 4 members (excludes halogenated alkanes) is 1. The van der Waals surface area contributed by atoms with Crippen molar-refractivity contribution in [3.63, 3.8) is 0 Å². The van der Waals surface area contributed by atoms with Gasteiger partial charge < -0.3 is 10.1 Å². The second-order valence-corrected chi connectivity index (χ2v) is 4.06. The average molecular weight is 201 g/mol. The van der Waals surface area contributed by atoms with Crippen LogP contribution >= 0.6 is 0 Å². The van der Waals surface area contributed by atoms with Crippen molar-refractivity contribution in [2.24, 2.45) is 5.92 Å². The number of rotatable bonds is 7. The third-order valence-corrected chi connectivity index (χ3v) is 2.23. The molecular formula is C11H23NO2. The molecule has 14 heavy (non-hydrogen) atoms. The summed E-state index contributed by atoms with van der Waals surface area (Å²) < 4.78 is 4.90. The molecule has 1 unspecified atom stereocenters. The Morgan fingerprint density at radius 3 is 2.43 bits per heavy atom. The predicted molar refractivity (Wildman–Crippen MR) is 58.2 cm³/mol. The number of methoxy groups -OCH3 is 1. The minimum absolute atomic E-state index is 0.0166. The van der Waals surface area contributed by atoms with E-state index < -0.39 is 0 Å². The van der Waals surface area contributed by atoms with Crippen LogP contribution in [0.4, 0.5) is 0 Å². The predicted octanol–water partition coefficient (Wildman–Crippen LogP) is 1.96. The monoisotopic (exact) mass is 201 g/mol. The molecule has 1 amide bonds. The fourth-order valence-corrected chi connectivity index (χ4v) is 1.14. The van der Waals surface area contributed by atoms with Gasteiger partial charge in [-0.05, 0) is 19.3 Å². The number of hydrogen-bond donors (Lipinski definition) is 1. The maximum atomic E-state index is 11.2. The summed E-state index contributed by atoms with van der Waals surface area (Å²) in [5.41, 5.74) is 0. The van der Waals surface area contributed by atoms with Crippen LogP contribution in [-0.2, 0) is 9.53 Å². The van der Waals surface area contributed by atoms with Crippen molar-refractivity contribution in [1.29, 1.82) is 0 Å². The van der Waals surface area contributed by atoms with Crippen molar-refractivity contribution >= 4 is 5.91 Å². The van der Waals surface area contributed by atoms with Crippen LogP contribution in [0.3, 0.4) is 0 Å². The fraction of sp³-hybridized carbons (Fsp3) is 0.909. The van der Waals surface area contributed by atoms with Gasteiger partial charge in [-0.15, -0.1) is 0 Å². The van der Waals surface area contributed by atoms with Crippen molar-refractivity contribution in [3.05, 3.63) is 0 Å². The molecule has 3 nitrogen and oxygen atoms in total. The van der Waals surface area contributed by atoms with Crippen LogP contribution in [0.1, 0.15) is 40.0 Å². The summed E-state index contributed by atoms with van der Waals surface area (Å²) >= 11 is 0. The minimum atomic E-state index is -0.333. The lowest BCUT2D eigenvalue weighted by molar-refractivity contribution is -0.130. The summed E-state index contributed by atoms with van der Waals surface area (Å²) in [6.07, 6.45) is 3.13. The van der Waals surface area contributed by atoms with E-state index in [1.54, 1.807) is 14.0 Å². The normalized spacial score (nSPS) is 12.9. The van der Waals surface area contributed by atoms with E-state index in [0.717, 1.165) is 18.9 Å². The van der Waals surface area contributed by atoms with E-state index in [1.807, 2.05) is 0 Å². The second-order valence-electron chi connectivity index (χ2n) is 4.06. The SMILES string of the molecule is COC(C)C(=O)NCCCCC(C)C. The molecule has 0 saturated heterocycles. The van der Waals surface area contributed by atoms with Crippen LogP contribution in [0.25, 0.3) is 0 Å². The highest BCUT2D eigenvalue weighted by Crippen LogP contribution is 2.05. The molecule has 0 radical (unpaired) electrons. The van der Waals surface area contributed by atoms with E-state index in [-0.39, 0.29) is 12.0 Å². The van der Waals surface area contributed by atoms with E-state index in [1.165, 1.54) is 12.8 Å². The van der Waals surface area contributed by atoms with E-state index >= 15 is 0 Å². The molecule has 0 fully saturated rings. The Morgan fingerprint density at radius 2 is 1.93 bits per heavy atom. The lowest BCUT2D eigenvalue weighted by atomic mass is 10.1. The zero-order chi connectivity index (χ0) is 11.0. The third kappa shape index (κ3) is 6.89. The fourth-order valence-electron chi connectivity index (χ4n) is 1.14. The minimum Gasteiger partial charge on any atom is -0.372 e. The zero-order valence-electron chi connectivity index (χ0n) is 9.80. The van der Waals surface area contributed by atoms with E-state index in [9.17, 15) is 4.79 Å². The van der Waals surface area contributed by atoms with Crippen LogP contribution < -0.4 is 5.32 Å². The first-order valence-electron chi connectivity index (χ1n) is 5.38. The summed E-state index contributed by atoms with van der Waals surface area (Å²) in [6, 6.07) is 0. The number of hydrogen-bond acceptors (Lipinski definition) is 2. The largest absolute Gasteiger partial charge is 0.372 e. The van der Waals surface area contributed by atoms with Crippen molar-refractivity contribution in [1.82, 2.24) is 5.32 Å². The molecule has 0 aliphatic heterocycles. The average Bonchev–Trinajstić information content (AvgIpc) is 2.15. The van der Waals surface area contributed by atoms with Crippen molar-refractivity contribution in [3.8, 4) is 0 Å². The molecule has 3 heteroatoms. The number of carbonyl (C=O) groups is 1. The summed E-state index contributed by atoms with van der Waals surface area (Å²) in [5.74, 6) is 0.737. The number of nitrogens with one attached hydrogen (secondary N) is 1. The van der Waals surface area contributed by atoms with Gasteiger partial charge in [0, 0.05) is 13.7 Å². The lowest BCUT2D eigenvalue weighted by Gasteiger charge is -2.10. The Balaban J connectivity index is 3.32. The van der Waals surface area contributed by atoms with Crippen molar-refractivity contribution < 1.29 is 9.53 Å². The molecule has 0 aliphatic carbocycles. The van der Waals surface area contributed by atoms with Gasteiger partial charge in [-0.1, -0.05) is 26.7 Å². The first-order valence-corrected chi connectivity index (χ1v) is 5.38. The molecule has 0 rings (SSSR count). The number of ether oxygens (including phenoxy) is 1.